The normalized spacial score (nSPS) is 17.6. The Balaban J connectivity index is 1.48. The highest BCUT2D eigenvalue weighted by molar-refractivity contribution is 7.89. The Kier molecular flexibility index (Phi) is 5.71. The van der Waals surface area contributed by atoms with Crippen LogP contribution in [0.2, 0.25) is 0 Å². The van der Waals surface area contributed by atoms with Gasteiger partial charge in [0.05, 0.1) is 0 Å². The van der Waals surface area contributed by atoms with Crippen LogP contribution in [-0.2, 0) is 10.0 Å². The summed E-state index contributed by atoms with van der Waals surface area (Å²) >= 11 is 1.11. The van der Waals surface area contributed by atoms with Gasteiger partial charge in [-0.3, -0.25) is 9.59 Å². The molecular weight excluding hydrogens is 410 g/mol. The van der Waals surface area contributed by atoms with Gasteiger partial charge < -0.3 is 10.2 Å². The first-order valence-corrected chi connectivity index (χ1v) is 12.1. The van der Waals surface area contributed by atoms with Gasteiger partial charge in [-0.15, -0.1) is 11.3 Å². The van der Waals surface area contributed by atoms with Crippen molar-refractivity contribution >= 4 is 38.9 Å². The molecule has 1 N–H and O–H groups in total. The lowest BCUT2D eigenvalue weighted by molar-refractivity contribution is 0.0792. The Morgan fingerprint density at radius 2 is 1.52 bits per heavy atom. The number of benzene rings is 1. The van der Waals surface area contributed by atoms with Gasteiger partial charge in [-0.05, 0) is 61.4 Å². The SMILES string of the molecule is O=C(Nc1ccc(C(=O)N2CCCC2)cc1)c1sccc1S(=O)(=O)N1CCCC1. The highest BCUT2D eigenvalue weighted by Gasteiger charge is 2.31. The minimum atomic E-state index is -3.66. The highest BCUT2D eigenvalue weighted by atomic mass is 32.2. The minimum absolute atomic E-state index is 0.00220. The van der Waals surface area contributed by atoms with Gasteiger partial charge in [0.2, 0.25) is 10.0 Å². The molecule has 0 saturated carbocycles. The van der Waals surface area contributed by atoms with E-state index in [1.54, 1.807) is 29.6 Å². The van der Waals surface area contributed by atoms with Crippen molar-refractivity contribution in [2.24, 2.45) is 0 Å². The molecule has 2 amide bonds. The van der Waals surface area contributed by atoms with E-state index >= 15 is 0 Å². The number of carbonyl (C=O) groups excluding carboxylic acids is 2. The van der Waals surface area contributed by atoms with Gasteiger partial charge in [-0.1, -0.05) is 0 Å². The number of nitrogens with one attached hydrogen (secondary N) is 1. The second-order valence-electron chi connectivity index (χ2n) is 7.26. The van der Waals surface area contributed by atoms with Gasteiger partial charge in [0.1, 0.15) is 9.77 Å². The molecule has 1 aromatic carbocycles. The monoisotopic (exact) mass is 433 g/mol. The molecule has 0 unspecified atom stereocenters. The average Bonchev–Trinajstić information content (AvgIpc) is 3.50. The molecule has 2 fully saturated rings. The van der Waals surface area contributed by atoms with E-state index in [0.29, 0.717) is 24.3 Å². The summed E-state index contributed by atoms with van der Waals surface area (Å²) in [5, 5.41) is 4.37. The van der Waals surface area contributed by atoms with E-state index in [1.165, 1.54) is 10.4 Å². The largest absolute Gasteiger partial charge is 0.339 e. The number of likely N-dealkylation sites (tertiary alicyclic amines) is 1. The molecule has 154 valence electrons. The van der Waals surface area contributed by atoms with Crippen LogP contribution in [0.25, 0.3) is 0 Å². The van der Waals surface area contributed by atoms with Crippen LogP contribution in [0.15, 0.2) is 40.6 Å². The topological polar surface area (TPSA) is 86.8 Å². The Labute approximate surface area is 174 Å². The Morgan fingerprint density at radius 3 is 2.17 bits per heavy atom. The Morgan fingerprint density at radius 1 is 0.897 bits per heavy atom. The van der Waals surface area contributed by atoms with E-state index < -0.39 is 15.9 Å². The predicted molar refractivity (Wildman–Crippen MR) is 112 cm³/mol. The quantitative estimate of drug-likeness (QED) is 0.785. The van der Waals surface area contributed by atoms with Crippen molar-refractivity contribution in [3.63, 3.8) is 0 Å². The first-order valence-electron chi connectivity index (χ1n) is 9.75. The smallest absolute Gasteiger partial charge is 0.267 e. The van der Waals surface area contributed by atoms with E-state index in [-0.39, 0.29) is 15.7 Å². The minimum Gasteiger partial charge on any atom is -0.339 e. The number of rotatable bonds is 5. The zero-order chi connectivity index (χ0) is 20.4. The first-order chi connectivity index (χ1) is 14.0. The van der Waals surface area contributed by atoms with E-state index in [2.05, 4.69) is 5.32 Å². The van der Waals surface area contributed by atoms with Gasteiger partial charge in [0.15, 0.2) is 0 Å². The predicted octanol–water partition coefficient (Wildman–Crippen LogP) is 3.02. The molecule has 1 aromatic heterocycles. The van der Waals surface area contributed by atoms with Crippen molar-refractivity contribution in [1.82, 2.24) is 9.21 Å². The fraction of sp³-hybridized carbons (Fsp3) is 0.400. The van der Waals surface area contributed by atoms with E-state index in [1.807, 2.05) is 4.90 Å². The molecule has 0 radical (unpaired) electrons. The summed E-state index contributed by atoms with van der Waals surface area (Å²) in [5.41, 5.74) is 1.10. The molecule has 3 heterocycles. The number of nitrogens with zero attached hydrogens (tertiary/aromatic N) is 2. The molecule has 0 atom stereocenters. The summed E-state index contributed by atoms with van der Waals surface area (Å²) in [6, 6.07) is 8.21. The molecule has 9 heteroatoms. The third kappa shape index (κ3) is 4.08. The molecule has 0 aliphatic carbocycles. The second-order valence-corrected chi connectivity index (χ2v) is 10.1. The fourth-order valence-corrected chi connectivity index (χ4v) is 6.53. The summed E-state index contributed by atoms with van der Waals surface area (Å²) in [6.45, 7) is 2.55. The Hall–Kier alpha value is -2.23. The zero-order valence-electron chi connectivity index (χ0n) is 16.0. The van der Waals surface area contributed by atoms with Gasteiger partial charge in [0, 0.05) is 37.4 Å². The van der Waals surface area contributed by atoms with Crippen molar-refractivity contribution in [2.75, 3.05) is 31.5 Å². The van der Waals surface area contributed by atoms with Crippen LogP contribution in [0, 0.1) is 0 Å². The Bertz CT molecular complexity index is 1000. The number of carbonyl (C=O) groups is 2. The van der Waals surface area contributed by atoms with Crippen LogP contribution < -0.4 is 5.32 Å². The standard InChI is InChI=1S/C20H23N3O4S2/c24-19(18-17(9-14-28-18)29(26,27)23-12-3-4-13-23)21-16-7-5-15(6-8-16)20(25)22-10-1-2-11-22/h5-9,14H,1-4,10-13H2,(H,21,24). The van der Waals surface area contributed by atoms with Crippen molar-refractivity contribution in [1.29, 1.82) is 0 Å². The number of anilines is 1. The molecule has 0 bridgehead atoms. The molecule has 4 rings (SSSR count). The molecule has 0 spiro atoms. The van der Waals surface area contributed by atoms with Gasteiger partial charge in [-0.2, -0.15) is 4.31 Å². The molecule has 7 nitrogen and oxygen atoms in total. The molecule has 2 saturated heterocycles. The molecular formula is C20H23N3O4S2. The van der Waals surface area contributed by atoms with Crippen LogP contribution in [0.3, 0.4) is 0 Å². The molecule has 29 heavy (non-hydrogen) atoms. The van der Waals surface area contributed by atoms with Crippen LogP contribution in [0.5, 0.6) is 0 Å². The van der Waals surface area contributed by atoms with Crippen LogP contribution >= 0.6 is 11.3 Å². The summed E-state index contributed by atoms with van der Waals surface area (Å²) in [4.78, 5) is 27.2. The van der Waals surface area contributed by atoms with Crippen LogP contribution in [0.1, 0.15) is 45.7 Å². The van der Waals surface area contributed by atoms with Crippen molar-refractivity contribution < 1.29 is 18.0 Å². The molecule has 2 aliphatic rings. The van der Waals surface area contributed by atoms with Gasteiger partial charge in [0.25, 0.3) is 11.8 Å². The molecule has 2 aliphatic heterocycles. The number of hydrogen-bond donors (Lipinski definition) is 1. The summed E-state index contributed by atoms with van der Waals surface area (Å²) in [6.07, 6.45) is 3.74. The number of amides is 2. The number of sulfonamides is 1. The van der Waals surface area contributed by atoms with Crippen molar-refractivity contribution in [3.8, 4) is 0 Å². The van der Waals surface area contributed by atoms with E-state index in [9.17, 15) is 18.0 Å². The lowest BCUT2D eigenvalue weighted by Gasteiger charge is -2.16. The third-order valence-electron chi connectivity index (χ3n) is 5.30. The van der Waals surface area contributed by atoms with Gasteiger partial charge >= 0.3 is 0 Å². The number of thiophene rings is 1. The van der Waals surface area contributed by atoms with Gasteiger partial charge in [-0.25, -0.2) is 8.42 Å². The summed E-state index contributed by atoms with van der Waals surface area (Å²) in [5.74, 6) is -0.464. The lowest BCUT2D eigenvalue weighted by atomic mass is 10.2. The zero-order valence-corrected chi connectivity index (χ0v) is 17.6. The first kappa shape index (κ1) is 20.1. The van der Waals surface area contributed by atoms with Crippen LogP contribution in [-0.4, -0.2) is 55.6 Å². The van der Waals surface area contributed by atoms with Crippen molar-refractivity contribution in [2.45, 2.75) is 30.6 Å². The highest BCUT2D eigenvalue weighted by Crippen LogP contribution is 2.28. The maximum absolute atomic E-state index is 12.8. The molecule has 2 aromatic rings. The van der Waals surface area contributed by atoms with E-state index in [4.69, 9.17) is 0 Å². The van der Waals surface area contributed by atoms with E-state index in [0.717, 1.165) is 50.1 Å². The number of hydrogen-bond acceptors (Lipinski definition) is 5. The summed E-state index contributed by atoms with van der Waals surface area (Å²) in [7, 11) is -3.66. The van der Waals surface area contributed by atoms with Crippen molar-refractivity contribution in [3.05, 3.63) is 46.2 Å². The third-order valence-corrected chi connectivity index (χ3v) is 8.28. The maximum atomic E-state index is 12.8. The average molecular weight is 434 g/mol. The fourth-order valence-electron chi connectivity index (χ4n) is 3.72. The lowest BCUT2D eigenvalue weighted by Crippen LogP contribution is -2.29. The second kappa shape index (κ2) is 8.25. The summed E-state index contributed by atoms with van der Waals surface area (Å²) < 4.78 is 27.1. The maximum Gasteiger partial charge on any atom is 0.267 e. The van der Waals surface area contributed by atoms with Crippen LogP contribution in [0.4, 0.5) is 5.69 Å².